The third-order valence-electron chi connectivity index (χ3n) is 4.69. The van der Waals surface area contributed by atoms with Gasteiger partial charge in [-0.25, -0.2) is 27.2 Å². The summed E-state index contributed by atoms with van der Waals surface area (Å²) in [6.07, 6.45) is 2.21. The first kappa shape index (κ1) is 20.9. The molecule has 0 aliphatic carbocycles. The van der Waals surface area contributed by atoms with Crippen molar-refractivity contribution >= 4 is 23.4 Å². The Labute approximate surface area is 178 Å². The summed E-state index contributed by atoms with van der Waals surface area (Å²) in [5.41, 5.74) is -0.693. The minimum Gasteiger partial charge on any atom is -0.354 e. The van der Waals surface area contributed by atoms with Crippen LogP contribution in [0.15, 0.2) is 54.5 Å². The van der Waals surface area contributed by atoms with Gasteiger partial charge in [0.05, 0.1) is 6.54 Å². The molecular weight excluding hydrogens is 442 g/mol. The van der Waals surface area contributed by atoms with E-state index in [1.165, 1.54) is 30.2 Å². The van der Waals surface area contributed by atoms with Gasteiger partial charge in [-0.3, -0.25) is 0 Å². The summed E-state index contributed by atoms with van der Waals surface area (Å²) < 4.78 is 62.1. The fourth-order valence-electron chi connectivity index (χ4n) is 3.31. The molecule has 2 heterocycles. The molecule has 2 unspecified atom stereocenters. The minimum atomic E-state index is -1.57. The number of rotatable bonds is 7. The average Bonchev–Trinajstić information content (AvgIpc) is 3.25. The maximum Gasteiger partial charge on any atom is 0.194 e. The van der Waals surface area contributed by atoms with Crippen molar-refractivity contribution < 1.29 is 22.3 Å². The van der Waals surface area contributed by atoms with Crippen molar-refractivity contribution in [1.82, 2.24) is 14.8 Å². The highest BCUT2D eigenvalue weighted by Crippen LogP contribution is 2.59. The van der Waals surface area contributed by atoms with E-state index in [0.29, 0.717) is 16.5 Å². The summed E-state index contributed by atoms with van der Waals surface area (Å²) in [5, 5.41) is 4.84. The number of ether oxygens (including phenoxy) is 1. The molecule has 156 valence electrons. The highest BCUT2D eigenvalue weighted by atomic mass is 35.5. The van der Waals surface area contributed by atoms with E-state index in [4.69, 9.17) is 16.3 Å². The van der Waals surface area contributed by atoms with Gasteiger partial charge in [0.25, 0.3) is 0 Å². The van der Waals surface area contributed by atoms with Crippen LogP contribution < -0.4 is 0 Å². The van der Waals surface area contributed by atoms with E-state index in [-0.39, 0.29) is 17.1 Å². The van der Waals surface area contributed by atoms with Crippen molar-refractivity contribution in [3.05, 3.63) is 88.7 Å². The van der Waals surface area contributed by atoms with Gasteiger partial charge in [0.1, 0.15) is 23.8 Å². The van der Waals surface area contributed by atoms with E-state index in [2.05, 4.69) is 16.7 Å². The number of epoxide rings is 1. The Hall–Kier alpha value is -2.36. The molecule has 1 fully saturated rings. The van der Waals surface area contributed by atoms with Crippen LogP contribution in [-0.2, 0) is 16.9 Å². The average molecular weight is 456 g/mol. The van der Waals surface area contributed by atoms with Gasteiger partial charge in [0.2, 0.25) is 0 Å². The van der Waals surface area contributed by atoms with Gasteiger partial charge in [-0.15, -0.1) is 6.58 Å². The van der Waals surface area contributed by atoms with Crippen LogP contribution in [0.5, 0.6) is 0 Å². The number of aromatic nitrogens is 3. The van der Waals surface area contributed by atoms with Gasteiger partial charge in [0, 0.05) is 16.3 Å². The molecule has 0 bridgehead atoms. The Morgan fingerprint density at radius 1 is 1.20 bits per heavy atom. The SMILES string of the molecule is C=CCSc1ncnn1CC1(c2ccc(F)cc2Cl)OC1c1cc(F)c(F)c(F)c1. The predicted molar refractivity (Wildman–Crippen MR) is 104 cm³/mol. The summed E-state index contributed by atoms with van der Waals surface area (Å²) in [5.74, 6) is -4.19. The zero-order chi connectivity index (χ0) is 21.5. The molecule has 1 aliphatic heterocycles. The van der Waals surface area contributed by atoms with Gasteiger partial charge >= 0.3 is 0 Å². The van der Waals surface area contributed by atoms with Gasteiger partial charge in [0.15, 0.2) is 22.6 Å². The summed E-state index contributed by atoms with van der Waals surface area (Å²) in [6.45, 7) is 3.75. The van der Waals surface area contributed by atoms with Crippen LogP contribution in [0.3, 0.4) is 0 Å². The third kappa shape index (κ3) is 3.73. The minimum absolute atomic E-state index is 0.0842. The molecule has 4 nitrogen and oxygen atoms in total. The lowest BCUT2D eigenvalue weighted by atomic mass is 9.91. The first-order chi connectivity index (χ1) is 14.4. The number of thioether (sulfide) groups is 1. The molecule has 0 radical (unpaired) electrons. The summed E-state index contributed by atoms with van der Waals surface area (Å²) in [6, 6.07) is 5.52. The smallest absolute Gasteiger partial charge is 0.194 e. The molecule has 30 heavy (non-hydrogen) atoms. The lowest BCUT2D eigenvalue weighted by molar-refractivity contribution is 0.256. The van der Waals surface area contributed by atoms with Gasteiger partial charge < -0.3 is 4.74 Å². The molecule has 1 aromatic heterocycles. The topological polar surface area (TPSA) is 43.2 Å². The number of halogens is 5. The molecule has 1 aliphatic rings. The Balaban J connectivity index is 1.76. The van der Waals surface area contributed by atoms with E-state index >= 15 is 0 Å². The molecule has 10 heteroatoms. The number of nitrogens with zero attached hydrogens (tertiary/aromatic N) is 3. The van der Waals surface area contributed by atoms with Crippen molar-refractivity contribution in [3.8, 4) is 0 Å². The van der Waals surface area contributed by atoms with Crippen LogP contribution in [0.2, 0.25) is 5.02 Å². The van der Waals surface area contributed by atoms with E-state index < -0.39 is 35.0 Å². The molecule has 0 spiro atoms. The summed E-state index contributed by atoms with van der Waals surface area (Å²) in [4.78, 5) is 4.18. The zero-order valence-corrected chi connectivity index (χ0v) is 16.9. The number of hydrogen-bond donors (Lipinski definition) is 0. The van der Waals surface area contributed by atoms with Crippen molar-refractivity contribution in [1.29, 1.82) is 0 Å². The maximum absolute atomic E-state index is 13.8. The van der Waals surface area contributed by atoms with Gasteiger partial charge in [-0.2, -0.15) is 5.10 Å². The van der Waals surface area contributed by atoms with Gasteiger partial charge in [-0.05, 0) is 29.8 Å². The largest absolute Gasteiger partial charge is 0.354 e. The van der Waals surface area contributed by atoms with Crippen LogP contribution in [0.1, 0.15) is 17.2 Å². The standard InChI is InChI=1S/C20H14ClF4N3OS/c1-2-5-30-19-26-10-27-28(19)9-20(13-4-3-12(22)8-14(13)21)18(29-20)11-6-15(23)17(25)16(24)7-11/h2-4,6-8,10,18H,1,5,9H2. The Bertz CT molecular complexity index is 1100. The summed E-state index contributed by atoms with van der Waals surface area (Å²) in [7, 11) is 0. The fourth-order valence-corrected chi connectivity index (χ4v) is 4.29. The second-order valence-electron chi connectivity index (χ2n) is 6.61. The molecule has 0 amide bonds. The van der Waals surface area contributed by atoms with E-state index in [1.807, 2.05) is 0 Å². The van der Waals surface area contributed by atoms with Crippen molar-refractivity contribution in [2.75, 3.05) is 5.75 Å². The first-order valence-electron chi connectivity index (χ1n) is 8.75. The Morgan fingerprint density at radius 3 is 2.60 bits per heavy atom. The normalized spacial score (nSPS) is 20.4. The molecule has 3 aromatic rings. The molecule has 0 saturated carbocycles. The third-order valence-corrected chi connectivity index (χ3v) is 5.97. The van der Waals surface area contributed by atoms with Crippen LogP contribution in [-0.4, -0.2) is 20.5 Å². The van der Waals surface area contributed by atoms with E-state index in [1.54, 1.807) is 10.8 Å². The van der Waals surface area contributed by atoms with Gasteiger partial charge in [-0.1, -0.05) is 35.5 Å². The van der Waals surface area contributed by atoms with Crippen LogP contribution in [0, 0.1) is 23.3 Å². The van der Waals surface area contributed by atoms with Crippen LogP contribution in [0.25, 0.3) is 0 Å². The Morgan fingerprint density at radius 2 is 1.93 bits per heavy atom. The van der Waals surface area contributed by atoms with Crippen molar-refractivity contribution in [2.24, 2.45) is 0 Å². The monoisotopic (exact) mass is 455 g/mol. The first-order valence-corrected chi connectivity index (χ1v) is 10.1. The highest BCUT2D eigenvalue weighted by molar-refractivity contribution is 7.99. The second-order valence-corrected chi connectivity index (χ2v) is 8.00. The lowest BCUT2D eigenvalue weighted by Crippen LogP contribution is -2.21. The molecule has 0 N–H and O–H groups in total. The van der Waals surface area contributed by atoms with E-state index in [0.717, 1.165) is 18.2 Å². The fraction of sp³-hybridized carbons (Fsp3) is 0.200. The predicted octanol–water partition coefficient (Wildman–Crippen LogP) is 5.43. The number of benzene rings is 2. The van der Waals surface area contributed by atoms with Crippen molar-refractivity contribution in [2.45, 2.75) is 23.4 Å². The maximum atomic E-state index is 13.8. The second kappa shape index (κ2) is 8.05. The van der Waals surface area contributed by atoms with E-state index in [9.17, 15) is 17.6 Å². The molecular formula is C20H14ClF4N3OS. The highest BCUT2D eigenvalue weighted by Gasteiger charge is 2.60. The van der Waals surface area contributed by atoms with Crippen molar-refractivity contribution in [3.63, 3.8) is 0 Å². The van der Waals surface area contributed by atoms with Crippen LogP contribution in [0.4, 0.5) is 17.6 Å². The Kier molecular flexibility index (Phi) is 5.61. The van der Waals surface area contributed by atoms with Crippen LogP contribution >= 0.6 is 23.4 Å². The summed E-state index contributed by atoms with van der Waals surface area (Å²) >= 11 is 7.65. The zero-order valence-electron chi connectivity index (χ0n) is 15.3. The molecule has 2 aromatic carbocycles. The molecule has 1 saturated heterocycles. The molecule has 2 atom stereocenters. The quantitative estimate of drug-likeness (QED) is 0.157. The lowest BCUT2D eigenvalue weighted by Gasteiger charge is -2.17. The number of hydrogen-bond acceptors (Lipinski definition) is 4. The molecule has 4 rings (SSSR count).